The Morgan fingerprint density at radius 3 is 1.66 bits per heavy atom. The van der Waals surface area contributed by atoms with Crippen molar-refractivity contribution in [3.63, 3.8) is 0 Å². The van der Waals surface area contributed by atoms with Gasteiger partial charge in [-0.05, 0) is 252 Å². The number of cyclic esters (lactones) is 1. The number of hydrogen-bond acceptors (Lipinski definition) is 16. The molecule has 94 heavy (non-hydrogen) atoms. The lowest BCUT2D eigenvalue weighted by atomic mass is 9.44. The molecule has 0 aromatic heterocycles. The summed E-state index contributed by atoms with van der Waals surface area (Å²) in [4.78, 5) is 100. The maximum absolute atomic E-state index is 14.2. The van der Waals surface area contributed by atoms with Crippen molar-refractivity contribution in [2.45, 2.75) is 345 Å². The first-order valence-corrected chi connectivity index (χ1v) is 37.1. The third-order valence-electron chi connectivity index (χ3n) is 28.5. The van der Waals surface area contributed by atoms with Crippen LogP contribution in [0, 0.1) is 97.1 Å². The van der Waals surface area contributed by atoms with Gasteiger partial charge in [-0.15, -0.1) is 0 Å². The van der Waals surface area contributed by atoms with E-state index in [2.05, 4.69) is 41.5 Å². The molecule has 0 spiro atoms. The molecule has 0 aromatic carbocycles. The van der Waals surface area contributed by atoms with E-state index in [0.29, 0.717) is 67.0 Å². The second kappa shape index (κ2) is 25.9. The highest BCUT2D eigenvalue weighted by Crippen LogP contribution is 2.70. The summed E-state index contributed by atoms with van der Waals surface area (Å²) in [7, 11) is 0. The summed E-state index contributed by atoms with van der Waals surface area (Å²) in [5, 5.41) is 10.6. The molecule has 11 aliphatic carbocycles. The number of fused-ring (bicyclic) bond motifs is 6. The number of carbonyl (C=O) groups excluding carboxylic acids is 8. The Morgan fingerprint density at radius 2 is 1.13 bits per heavy atom. The van der Waals surface area contributed by atoms with Crippen LogP contribution in [0.25, 0.3) is 0 Å². The van der Waals surface area contributed by atoms with Crippen molar-refractivity contribution in [3.8, 4) is 0 Å². The monoisotopic (exact) mass is 1320 g/mol. The van der Waals surface area contributed by atoms with Crippen LogP contribution in [0.15, 0.2) is 0 Å². The Labute approximate surface area is 564 Å². The van der Waals surface area contributed by atoms with E-state index in [1.807, 2.05) is 83.1 Å². The van der Waals surface area contributed by atoms with E-state index >= 15 is 0 Å². The summed E-state index contributed by atoms with van der Waals surface area (Å²) >= 11 is 0. The largest absolute Gasteiger partial charge is 0.459 e. The van der Waals surface area contributed by atoms with Crippen molar-refractivity contribution in [2.75, 3.05) is 0 Å². The van der Waals surface area contributed by atoms with Crippen molar-refractivity contribution in [3.05, 3.63) is 0 Å². The molecule has 2 aliphatic heterocycles. The van der Waals surface area contributed by atoms with Crippen LogP contribution in [-0.4, -0.2) is 99.0 Å². The molecule has 0 amide bonds. The molecule has 2 saturated heterocycles. The lowest BCUT2D eigenvalue weighted by molar-refractivity contribution is -0.225. The van der Waals surface area contributed by atoms with Gasteiger partial charge < -0.3 is 38.3 Å². The Balaban J connectivity index is 0.000000166. The van der Waals surface area contributed by atoms with Gasteiger partial charge in [0.2, 0.25) is 0 Å². The number of esters is 7. The zero-order valence-electron chi connectivity index (χ0n) is 61.8. The highest BCUT2D eigenvalue weighted by Gasteiger charge is 2.72. The first-order chi connectivity index (χ1) is 43.4. The van der Waals surface area contributed by atoms with Gasteiger partial charge in [-0.2, -0.15) is 0 Å². The summed E-state index contributed by atoms with van der Waals surface area (Å²) in [5.41, 5.74) is -4.34. The molecule has 532 valence electrons. The van der Waals surface area contributed by atoms with Gasteiger partial charge in [-0.3, -0.25) is 38.4 Å². The molecule has 16 heteroatoms. The topological polar surface area (TPSA) is 221 Å². The zero-order chi connectivity index (χ0) is 69.8. The second-order valence-corrected chi connectivity index (χ2v) is 37.0. The Hall–Kier alpha value is -4.08. The molecule has 0 aromatic rings. The second-order valence-electron chi connectivity index (χ2n) is 37.0. The molecule has 13 fully saturated rings. The van der Waals surface area contributed by atoms with Gasteiger partial charge in [0.15, 0.2) is 5.60 Å². The van der Waals surface area contributed by atoms with Crippen molar-refractivity contribution in [1.29, 1.82) is 0 Å². The van der Waals surface area contributed by atoms with Crippen LogP contribution in [0.4, 0.5) is 0 Å². The fourth-order valence-corrected chi connectivity index (χ4v) is 20.2. The Kier molecular flexibility index (Phi) is 20.4. The zero-order valence-corrected chi connectivity index (χ0v) is 61.8. The quantitative estimate of drug-likeness (QED) is 0.126. The minimum absolute atomic E-state index is 0.0307. The van der Waals surface area contributed by atoms with Crippen LogP contribution in [0.2, 0.25) is 0 Å². The van der Waals surface area contributed by atoms with E-state index < -0.39 is 57.1 Å². The molecular weight excluding hydrogens is 1190 g/mol. The predicted molar refractivity (Wildman–Crippen MR) is 356 cm³/mol. The minimum Gasteiger partial charge on any atom is -0.459 e. The van der Waals surface area contributed by atoms with E-state index in [1.165, 1.54) is 25.7 Å². The van der Waals surface area contributed by atoms with Crippen LogP contribution in [0.5, 0.6) is 0 Å². The number of hydrogen-bond donors (Lipinski definition) is 1. The summed E-state index contributed by atoms with van der Waals surface area (Å²) in [5.74, 6) is 0.766. The van der Waals surface area contributed by atoms with E-state index in [-0.39, 0.29) is 99.0 Å². The lowest BCUT2D eigenvalue weighted by Crippen LogP contribution is -2.61. The van der Waals surface area contributed by atoms with Crippen LogP contribution >= 0.6 is 0 Å². The predicted octanol–water partition coefficient (Wildman–Crippen LogP) is 15.5. The van der Waals surface area contributed by atoms with E-state index in [1.54, 1.807) is 13.8 Å². The maximum Gasteiger partial charge on any atom is 0.312 e. The molecule has 16 nitrogen and oxygen atoms in total. The highest BCUT2D eigenvalue weighted by molar-refractivity contribution is 5.87. The van der Waals surface area contributed by atoms with Crippen LogP contribution < -0.4 is 0 Å². The molecular formula is C78H124O16. The maximum atomic E-state index is 14.2. The molecule has 13 aliphatic rings. The summed E-state index contributed by atoms with van der Waals surface area (Å²) in [6.07, 6.45) is 21.3. The van der Waals surface area contributed by atoms with Gasteiger partial charge in [0.25, 0.3) is 0 Å². The van der Waals surface area contributed by atoms with Gasteiger partial charge in [0.1, 0.15) is 40.9 Å². The fraction of sp³-hybridized carbons (Fsp3) is 0.897. The molecule has 11 saturated carbocycles. The van der Waals surface area contributed by atoms with Crippen molar-refractivity contribution >= 4 is 47.6 Å². The van der Waals surface area contributed by atoms with E-state index in [9.17, 15) is 43.5 Å². The van der Waals surface area contributed by atoms with Gasteiger partial charge in [-0.25, -0.2) is 0 Å². The normalized spacial score (nSPS) is 40.4. The highest BCUT2D eigenvalue weighted by atomic mass is 16.6. The molecule has 1 N–H and O–H groups in total. The average molecular weight is 1320 g/mol. The Morgan fingerprint density at radius 1 is 0.585 bits per heavy atom. The first kappa shape index (κ1) is 74.2. The Bertz CT molecular complexity index is 2870. The number of carbonyl (C=O) groups is 8. The van der Waals surface area contributed by atoms with E-state index in [0.717, 1.165) is 103 Å². The number of aliphatic hydroxyl groups is 1. The van der Waals surface area contributed by atoms with Crippen molar-refractivity contribution < 1.29 is 76.6 Å². The average Bonchev–Trinajstić information content (AvgIpc) is 1.42. The molecule has 2 heterocycles. The molecule has 6 bridgehead atoms. The van der Waals surface area contributed by atoms with Crippen LogP contribution in [0.1, 0.15) is 299 Å². The van der Waals surface area contributed by atoms with Gasteiger partial charge in [0, 0.05) is 41.9 Å². The smallest absolute Gasteiger partial charge is 0.312 e. The molecule has 17 atom stereocenters. The van der Waals surface area contributed by atoms with Gasteiger partial charge in [0.05, 0.1) is 45.5 Å². The van der Waals surface area contributed by atoms with Crippen molar-refractivity contribution in [2.24, 2.45) is 97.1 Å². The number of rotatable bonds is 14. The summed E-state index contributed by atoms with van der Waals surface area (Å²) in [6, 6.07) is 0. The first-order valence-electron chi connectivity index (χ1n) is 37.1. The SMILES string of the molecule is CCC(C)(C)C(=O)OC1(C(C)(C)C)CCCC1.CCC(C)(C)C(=O)OC1(C)CC(=O)OC1C.CCC(C)(C)C(=O)OC12CC3CC(CC(O)(C3)C1)C2.CCC(C)(C)C(=O)OC1C2CC3C1OC(=O)C3C2C(=O)OC1(C)CC[C@H]2C3CCC4CC(=O)CC[C@]4(C)[C@H]3CC[C@@]21C. The number of ether oxygens (including phenoxy) is 7. The van der Waals surface area contributed by atoms with E-state index in [4.69, 9.17) is 33.2 Å². The third-order valence-corrected chi connectivity index (χ3v) is 28.5. The lowest BCUT2D eigenvalue weighted by Gasteiger charge is -2.61. The molecule has 13 rings (SSSR count). The van der Waals surface area contributed by atoms with Gasteiger partial charge in [-0.1, -0.05) is 62.3 Å². The number of Topliss-reactive ketones (excluding diaryl/α,β-unsaturated/α-hetero) is 1. The van der Waals surface area contributed by atoms with Crippen LogP contribution in [0.3, 0.4) is 0 Å². The third kappa shape index (κ3) is 13.6. The summed E-state index contributed by atoms with van der Waals surface area (Å²) in [6.45, 7) is 40.2. The standard InChI is InChI=1S/C35H50O7.C16H26O3.C15H28O2.C12H20O4/c1-7-32(2,3)31(39)41-28-22-17-21-25(29(37)40-27(21)28)26(22)30(38)42-35(6)15-12-24-20-9-8-18-16-19(36)10-13-33(18,4)23(20)11-14-34(24,35)5;1-4-14(2,3)13(17)19-16-8-11-5-12(9-16)7-15(18,6-11)10-16;1-7-14(5,6)12(16)17-15(13(2,3)4)10-8-9-11-15;1-6-11(3,4)10(14)16-12(5)7-9(13)15-8(12)2/h18,20-28H,7-17H2,1-6H3;11-12,18H,4-10H2,1-3H3;7-11H2,1-6H3;8H,6-7H2,1-5H3/t18?,20?,21?,22?,23-,24-,25?,26?,27?,28?,33-,34-,35?;;;/m0.../s1. The summed E-state index contributed by atoms with van der Waals surface area (Å²) < 4.78 is 40.8. The number of ketones is 1. The molecule has 0 radical (unpaired) electrons. The molecule has 13 unspecified atom stereocenters. The fourth-order valence-electron chi connectivity index (χ4n) is 20.2. The van der Waals surface area contributed by atoms with Crippen molar-refractivity contribution in [1.82, 2.24) is 0 Å². The van der Waals surface area contributed by atoms with Gasteiger partial charge >= 0.3 is 41.8 Å². The minimum atomic E-state index is -0.819. The van der Waals surface area contributed by atoms with Crippen LogP contribution in [-0.2, 0) is 71.5 Å².